The Morgan fingerprint density at radius 3 is 1.36 bits per heavy atom. The first kappa shape index (κ1) is 44.1. The molecule has 0 aliphatic carbocycles. The molecule has 0 aromatic heterocycles. The first-order chi connectivity index (χ1) is 22.1. The fourth-order valence-corrected chi connectivity index (χ4v) is 6.20. The Labute approximate surface area is 280 Å². The van der Waals surface area contributed by atoms with Gasteiger partial charge in [-0.3, -0.25) is 4.79 Å². The first-order valence-electron chi connectivity index (χ1n) is 20.0. The van der Waals surface area contributed by atoms with E-state index in [9.17, 15) is 20.1 Å². The smallest absolute Gasteiger partial charge is 0.220 e. The van der Waals surface area contributed by atoms with Crippen LogP contribution in [0.3, 0.4) is 0 Å². The number of unbranched alkanes of at least 4 members (excludes halogenated alkanes) is 26. The maximum absolute atomic E-state index is 12.3. The van der Waals surface area contributed by atoms with Crippen LogP contribution in [0.25, 0.3) is 0 Å². The van der Waals surface area contributed by atoms with Gasteiger partial charge in [-0.2, -0.15) is 0 Å². The van der Waals surface area contributed by atoms with E-state index in [1.54, 1.807) is 0 Å². The second-order valence-electron chi connectivity index (χ2n) is 13.8. The summed E-state index contributed by atoms with van der Waals surface area (Å²) in [4.78, 5) is 12.3. The average Bonchev–Trinajstić information content (AvgIpc) is 3.04. The molecule has 0 aliphatic heterocycles. The van der Waals surface area contributed by atoms with Gasteiger partial charge in [-0.1, -0.05) is 187 Å². The van der Waals surface area contributed by atoms with Crippen molar-refractivity contribution in [3.63, 3.8) is 0 Å². The molecule has 0 radical (unpaired) electrons. The summed E-state index contributed by atoms with van der Waals surface area (Å²) in [5.41, 5.74) is 0. The van der Waals surface area contributed by atoms with Crippen LogP contribution in [-0.2, 0) is 4.79 Å². The van der Waals surface area contributed by atoms with Gasteiger partial charge >= 0.3 is 0 Å². The summed E-state index contributed by atoms with van der Waals surface area (Å²) in [6.45, 7) is 4.13. The van der Waals surface area contributed by atoms with Crippen molar-refractivity contribution in [1.29, 1.82) is 0 Å². The molecule has 0 aliphatic rings. The molecule has 0 saturated heterocycles. The van der Waals surface area contributed by atoms with Crippen LogP contribution in [0.5, 0.6) is 0 Å². The van der Waals surface area contributed by atoms with Crippen LogP contribution in [0, 0.1) is 0 Å². The number of rotatable bonds is 36. The molecule has 0 aromatic rings. The molecule has 0 bridgehead atoms. The van der Waals surface area contributed by atoms with Gasteiger partial charge in [0.05, 0.1) is 18.8 Å². The highest BCUT2D eigenvalue weighted by Gasteiger charge is 2.26. The molecule has 0 aromatic carbocycles. The zero-order valence-electron chi connectivity index (χ0n) is 30.3. The first-order valence-corrected chi connectivity index (χ1v) is 20.0. The van der Waals surface area contributed by atoms with Crippen molar-refractivity contribution < 1.29 is 20.1 Å². The average molecular weight is 638 g/mol. The van der Waals surface area contributed by atoms with Crippen molar-refractivity contribution in [3.05, 3.63) is 12.2 Å². The molecule has 5 heteroatoms. The van der Waals surface area contributed by atoms with E-state index < -0.39 is 18.2 Å². The molecular formula is C40H79NO4. The lowest BCUT2D eigenvalue weighted by atomic mass is 9.99. The summed E-state index contributed by atoms with van der Waals surface area (Å²) in [6, 6.07) is -0.808. The highest BCUT2D eigenvalue weighted by atomic mass is 16.3. The summed E-state index contributed by atoms with van der Waals surface area (Å²) < 4.78 is 0. The van der Waals surface area contributed by atoms with Crippen molar-refractivity contribution >= 4 is 5.91 Å². The number of nitrogens with one attached hydrogen (secondary N) is 1. The highest BCUT2D eigenvalue weighted by molar-refractivity contribution is 5.76. The summed E-state index contributed by atoms with van der Waals surface area (Å²) in [5, 5.41) is 33.4. The summed E-state index contributed by atoms with van der Waals surface area (Å²) in [6.07, 6.45) is 40.3. The predicted octanol–water partition coefficient (Wildman–Crippen LogP) is 10.9. The molecule has 5 nitrogen and oxygen atoms in total. The molecule has 45 heavy (non-hydrogen) atoms. The minimum atomic E-state index is -1.13. The molecule has 3 unspecified atom stereocenters. The number of allylic oxidation sites excluding steroid dienone is 2. The van der Waals surface area contributed by atoms with E-state index in [-0.39, 0.29) is 12.5 Å². The Morgan fingerprint density at radius 2 is 0.911 bits per heavy atom. The van der Waals surface area contributed by atoms with E-state index in [0.29, 0.717) is 12.8 Å². The third-order valence-electron chi connectivity index (χ3n) is 9.37. The second kappa shape index (κ2) is 35.9. The standard InChI is InChI=1S/C40H79NO4/c1-3-5-7-9-11-13-15-16-17-18-19-20-21-22-23-25-26-28-30-32-34-38(43)40(45)37(36-42)41-39(44)35-33-31-29-27-24-14-12-10-8-6-4-2/h10,12,37-38,40,42-43,45H,3-9,11,13-36H2,1-2H3,(H,41,44)/b12-10-. The minimum Gasteiger partial charge on any atom is -0.394 e. The number of hydrogen-bond donors (Lipinski definition) is 4. The number of carbonyl (C=O) groups excluding carboxylic acids is 1. The van der Waals surface area contributed by atoms with Gasteiger partial charge in [0.2, 0.25) is 5.91 Å². The summed E-state index contributed by atoms with van der Waals surface area (Å²) in [5.74, 6) is -0.155. The molecule has 0 spiro atoms. The van der Waals surface area contributed by atoms with Crippen LogP contribution >= 0.6 is 0 Å². The molecule has 0 heterocycles. The van der Waals surface area contributed by atoms with Gasteiger partial charge in [-0.05, 0) is 32.1 Å². The van der Waals surface area contributed by atoms with Crippen LogP contribution < -0.4 is 5.32 Å². The van der Waals surface area contributed by atoms with Gasteiger partial charge in [0, 0.05) is 6.42 Å². The van der Waals surface area contributed by atoms with E-state index in [0.717, 1.165) is 44.9 Å². The monoisotopic (exact) mass is 638 g/mol. The topological polar surface area (TPSA) is 89.8 Å². The van der Waals surface area contributed by atoms with Gasteiger partial charge in [-0.15, -0.1) is 0 Å². The third-order valence-corrected chi connectivity index (χ3v) is 9.37. The van der Waals surface area contributed by atoms with E-state index in [1.165, 1.54) is 141 Å². The maximum Gasteiger partial charge on any atom is 0.220 e. The zero-order valence-corrected chi connectivity index (χ0v) is 30.3. The quantitative estimate of drug-likeness (QED) is 0.0406. The Balaban J connectivity index is 3.61. The van der Waals surface area contributed by atoms with Gasteiger partial charge in [0.25, 0.3) is 0 Å². The Kier molecular flexibility index (Phi) is 35.2. The largest absolute Gasteiger partial charge is 0.394 e. The lowest BCUT2D eigenvalue weighted by molar-refractivity contribution is -0.124. The Hall–Kier alpha value is -0.910. The second-order valence-corrected chi connectivity index (χ2v) is 13.8. The molecular weight excluding hydrogens is 558 g/mol. The van der Waals surface area contributed by atoms with Crippen molar-refractivity contribution in [2.45, 2.75) is 231 Å². The lowest BCUT2D eigenvalue weighted by Gasteiger charge is -2.26. The number of amides is 1. The fraction of sp³-hybridized carbons (Fsp3) is 0.925. The summed E-state index contributed by atoms with van der Waals surface area (Å²) in [7, 11) is 0. The number of aliphatic hydroxyl groups excluding tert-OH is 3. The highest BCUT2D eigenvalue weighted by Crippen LogP contribution is 2.16. The predicted molar refractivity (Wildman–Crippen MR) is 195 cm³/mol. The lowest BCUT2D eigenvalue weighted by Crippen LogP contribution is -2.50. The molecule has 0 rings (SSSR count). The van der Waals surface area contributed by atoms with Crippen LogP contribution in [0.2, 0.25) is 0 Å². The maximum atomic E-state index is 12.3. The number of carbonyl (C=O) groups is 1. The van der Waals surface area contributed by atoms with E-state index in [1.807, 2.05) is 0 Å². The Morgan fingerprint density at radius 1 is 0.533 bits per heavy atom. The van der Waals surface area contributed by atoms with Crippen LogP contribution in [-0.4, -0.2) is 46.1 Å². The van der Waals surface area contributed by atoms with Gasteiger partial charge < -0.3 is 20.6 Å². The number of aliphatic hydroxyl groups is 3. The fourth-order valence-electron chi connectivity index (χ4n) is 6.20. The van der Waals surface area contributed by atoms with Crippen LogP contribution in [0.4, 0.5) is 0 Å². The molecule has 1 amide bonds. The molecule has 268 valence electrons. The zero-order chi connectivity index (χ0) is 33.1. The van der Waals surface area contributed by atoms with E-state index in [4.69, 9.17) is 0 Å². The summed E-state index contributed by atoms with van der Waals surface area (Å²) >= 11 is 0. The van der Waals surface area contributed by atoms with Crippen molar-refractivity contribution in [3.8, 4) is 0 Å². The van der Waals surface area contributed by atoms with Gasteiger partial charge in [0.1, 0.15) is 6.10 Å². The molecule has 3 atom stereocenters. The molecule has 0 saturated carbocycles. The molecule has 0 fully saturated rings. The minimum absolute atomic E-state index is 0.155. The Bertz CT molecular complexity index is 625. The van der Waals surface area contributed by atoms with E-state index in [2.05, 4.69) is 31.3 Å². The van der Waals surface area contributed by atoms with Gasteiger partial charge in [-0.25, -0.2) is 0 Å². The van der Waals surface area contributed by atoms with Gasteiger partial charge in [0.15, 0.2) is 0 Å². The SMILES string of the molecule is CCCC/C=C\CCCCCCCC(=O)NC(CO)C(O)C(O)CCCCCCCCCCCCCCCCCCCCCC. The van der Waals surface area contributed by atoms with E-state index >= 15 is 0 Å². The van der Waals surface area contributed by atoms with Crippen molar-refractivity contribution in [2.24, 2.45) is 0 Å². The van der Waals surface area contributed by atoms with Crippen LogP contribution in [0.1, 0.15) is 213 Å². The molecule has 4 N–H and O–H groups in total. The van der Waals surface area contributed by atoms with Crippen molar-refractivity contribution in [2.75, 3.05) is 6.61 Å². The van der Waals surface area contributed by atoms with Crippen LogP contribution in [0.15, 0.2) is 12.2 Å². The third kappa shape index (κ3) is 31.5. The number of hydrogen-bond acceptors (Lipinski definition) is 4. The normalized spacial score (nSPS) is 13.8. The van der Waals surface area contributed by atoms with Crippen molar-refractivity contribution in [1.82, 2.24) is 5.32 Å².